The lowest BCUT2D eigenvalue weighted by atomic mass is 10.0. The maximum Gasteiger partial charge on any atom is 0.135 e. The molecule has 5 heteroatoms. The Morgan fingerprint density at radius 1 is 0.697 bits per heavy atom. The minimum Gasteiger partial charge on any atom is -0.490 e. The van der Waals surface area contributed by atoms with Crippen molar-refractivity contribution in [2.75, 3.05) is 26.4 Å². The predicted octanol–water partition coefficient (Wildman–Crippen LogP) is 6.61. The molecule has 0 N–H and O–H groups in total. The van der Waals surface area contributed by atoms with Crippen molar-refractivity contribution in [3.8, 4) is 11.5 Å². The number of aryl methyl sites for hydroxylation is 2. The fraction of sp³-hybridized carbons (Fsp3) is 0.571. The maximum atomic E-state index is 6.37. The average Bonchev–Trinajstić information content (AvgIpc) is 3.74. The molecule has 178 valence electrons. The zero-order chi connectivity index (χ0) is 22.6. The van der Waals surface area contributed by atoms with Crippen LogP contribution in [-0.4, -0.2) is 38.6 Å². The first-order valence-electron chi connectivity index (χ1n) is 12.8. The second kappa shape index (κ2) is 10.4. The lowest BCUT2D eigenvalue weighted by Crippen LogP contribution is -2.06. The van der Waals surface area contributed by atoms with Crippen LogP contribution in [0.3, 0.4) is 0 Å². The van der Waals surface area contributed by atoms with Crippen molar-refractivity contribution in [1.29, 1.82) is 0 Å². The fourth-order valence-electron chi connectivity index (χ4n) is 4.40. The van der Waals surface area contributed by atoms with Crippen molar-refractivity contribution in [1.82, 2.24) is 0 Å². The third-order valence-electron chi connectivity index (χ3n) is 6.59. The van der Waals surface area contributed by atoms with Crippen molar-refractivity contribution in [3.63, 3.8) is 0 Å². The largest absolute Gasteiger partial charge is 0.490 e. The lowest BCUT2D eigenvalue weighted by Gasteiger charge is -2.12. The Hall–Kier alpha value is -2.24. The van der Waals surface area contributed by atoms with Crippen LogP contribution in [0.2, 0.25) is 0 Å². The van der Waals surface area contributed by atoms with Gasteiger partial charge >= 0.3 is 0 Å². The lowest BCUT2D eigenvalue weighted by molar-refractivity contribution is 0.261. The fourth-order valence-corrected chi connectivity index (χ4v) is 4.40. The average molecular weight is 453 g/mol. The summed E-state index contributed by atoms with van der Waals surface area (Å²) in [6.45, 7) is 7.29. The van der Waals surface area contributed by atoms with Crippen LogP contribution >= 0.6 is 0 Å². The Balaban J connectivity index is 1.50. The number of unbranched alkanes of at least 4 members (excludes halogenated alkanes) is 4. The highest BCUT2D eigenvalue weighted by Crippen LogP contribution is 2.38. The summed E-state index contributed by atoms with van der Waals surface area (Å²) in [6.07, 6.45) is 9.62. The molecular weight excluding hydrogens is 416 g/mol. The molecule has 0 amide bonds. The van der Waals surface area contributed by atoms with E-state index in [2.05, 4.69) is 38.1 Å². The number of benzene rings is 2. The van der Waals surface area contributed by atoms with E-state index in [-0.39, 0.29) is 12.2 Å². The molecule has 33 heavy (non-hydrogen) atoms. The van der Waals surface area contributed by atoms with Crippen LogP contribution in [0, 0.1) is 0 Å². The Bertz CT molecular complexity index is 993. The first kappa shape index (κ1) is 22.5. The summed E-state index contributed by atoms with van der Waals surface area (Å²) in [5.74, 6) is 1.91. The van der Waals surface area contributed by atoms with Gasteiger partial charge in [-0.15, -0.1) is 0 Å². The normalized spacial score (nSPS) is 19.3. The maximum absolute atomic E-state index is 6.37. The standard InChI is InChI=1S/C28H36O5/c1-3-5-7-9-19-11-27-23(13-25(19)31-17-21-15-29-21)24-14-26(32-18-22-16-30-22)20(10-8-6-4-2)12-28(24)33-27/h11-14,21-22H,3-10,15-18H2,1-2H3. The van der Waals surface area contributed by atoms with Gasteiger partial charge in [0.2, 0.25) is 0 Å². The van der Waals surface area contributed by atoms with E-state index in [9.17, 15) is 0 Å². The summed E-state index contributed by atoms with van der Waals surface area (Å²) in [5.41, 5.74) is 4.30. The van der Waals surface area contributed by atoms with Gasteiger partial charge in [0.1, 0.15) is 48.1 Å². The van der Waals surface area contributed by atoms with E-state index in [1.54, 1.807) is 0 Å². The number of hydrogen-bond donors (Lipinski definition) is 0. The summed E-state index contributed by atoms with van der Waals surface area (Å²) < 4.78 is 29.5. The SMILES string of the molecule is CCCCCc1cc2oc3cc(CCCCC)c(OCC4CO4)cc3c2cc1OCC1CO1. The number of furan rings is 1. The number of hydrogen-bond acceptors (Lipinski definition) is 5. The molecule has 2 aliphatic rings. The van der Waals surface area contributed by atoms with Crippen molar-refractivity contribution < 1.29 is 23.4 Å². The van der Waals surface area contributed by atoms with Gasteiger partial charge in [-0.1, -0.05) is 39.5 Å². The number of epoxide rings is 2. The first-order valence-corrected chi connectivity index (χ1v) is 12.8. The van der Waals surface area contributed by atoms with Gasteiger partial charge < -0.3 is 23.4 Å². The van der Waals surface area contributed by atoms with Crippen LogP contribution in [0.15, 0.2) is 28.7 Å². The van der Waals surface area contributed by atoms with Gasteiger partial charge in [0, 0.05) is 10.8 Å². The molecule has 2 aromatic carbocycles. The molecule has 3 aromatic rings. The Kier molecular flexibility index (Phi) is 7.07. The van der Waals surface area contributed by atoms with E-state index in [0.717, 1.165) is 72.3 Å². The summed E-state index contributed by atoms with van der Waals surface area (Å²) >= 11 is 0. The highest BCUT2D eigenvalue weighted by atomic mass is 16.6. The van der Waals surface area contributed by atoms with Crippen LogP contribution in [0.4, 0.5) is 0 Å². The Labute approximate surface area is 196 Å². The molecule has 2 atom stereocenters. The van der Waals surface area contributed by atoms with E-state index in [0.29, 0.717) is 13.2 Å². The van der Waals surface area contributed by atoms with Gasteiger partial charge in [-0.2, -0.15) is 0 Å². The number of ether oxygens (including phenoxy) is 4. The quantitative estimate of drug-likeness (QED) is 0.204. The van der Waals surface area contributed by atoms with E-state index in [1.807, 2.05) is 0 Å². The van der Waals surface area contributed by atoms with Crippen molar-refractivity contribution in [3.05, 3.63) is 35.4 Å². The highest BCUT2D eigenvalue weighted by molar-refractivity contribution is 6.06. The second-order valence-corrected chi connectivity index (χ2v) is 9.46. The van der Waals surface area contributed by atoms with Gasteiger partial charge in [0.05, 0.1) is 13.2 Å². The molecule has 0 bridgehead atoms. The number of fused-ring (bicyclic) bond motifs is 3. The molecule has 2 saturated heterocycles. The summed E-state index contributed by atoms with van der Waals surface area (Å²) in [7, 11) is 0. The summed E-state index contributed by atoms with van der Waals surface area (Å²) in [4.78, 5) is 0. The summed E-state index contributed by atoms with van der Waals surface area (Å²) in [5, 5.41) is 2.17. The van der Waals surface area contributed by atoms with Gasteiger partial charge in [-0.05, 0) is 61.1 Å². The molecule has 5 nitrogen and oxygen atoms in total. The Morgan fingerprint density at radius 2 is 1.15 bits per heavy atom. The molecule has 1 aromatic heterocycles. The predicted molar refractivity (Wildman–Crippen MR) is 131 cm³/mol. The van der Waals surface area contributed by atoms with Crippen LogP contribution in [0.5, 0.6) is 11.5 Å². The molecule has 0 saturated carbocycles. The van der Waals surface area contributed by atoms with Crippen LogP contribution in [0.25, 0.3) is 21.9 Å². The third kappa shape index (κ3) is 5.64. The molecule has 2 aliphatic heterocycles. The zero-order valence-electron chi connectivity index (χ0n) is 20.0. The smallest absolute Gasteiger partial charge is 0.135 e. The van der Waals surface area contributed by atoms with Gasteiger partial charge in [0.15, 0.2) is 0 Å². The molecule has 0 radical (unpaired) electrons. The minimum absolute atomic E-state index is 0.237. The molecule has 3 heterocycles. The van der Waals surface area contributed by atoms with Gasteiger partial charge in [-0.3, -0.25) is 0 Å². The van der Waals surface area contributed by atoms with E-state index < -0.39 is 0 Å². The number of rotatable bonds is 14. The van der Waals surface area contributed by atoms with Crippen LogP contribution < -0.4 is 9.47 Å². The van der Waals surface area contributed by atoms with Crippen molar-refractivity contribution in [2.45, 2.75) is 77.4 Å². The Morgan fingerprint density at radius 3 is 1.55 bits per heavy atom. The molecule has 2 fully saturated rings. The minimum atomic E-state index is 0.237. The van der Waals surface area contributed by atoms with Crippen LogP contribution in [0.1, 0.15) is 63.5 Å². The topological polar surface area (TPSA) is 56.7 Å². The molecule has 0 aliphatic carbocycles. The summed E-state index contributed by atoms with van der Waals surface area (Å²) in [6, 6.07) is 8.69. The zero-order valence-corrected chi connectivity index (χ0v) is 20.0. The third-order valence-corrected chi connectivity index (χ3v) is 6.59. The van der Waals surface area contributed by atoms with Crippen molar-refractivity contribution in [2.24, 2.45) is 0 Å². The van der Waals surface area contributed by atoms with E-state index in [4.69, 9.17) is 23.4 Å². The molecule has 0 spiro atoms. The molecule has 2 unspecified atom stereocenters. The first-order chi connectivity index (χ1) is 16.2. The van der Waals surface area contributed by atoms with Gasteiger partial charge in [-0.25, -0.2) is 0 Å². The molecular formula is C28H36O5. The van der Waals surface area contributed by atoms with Crippen LogP contribution in [-0.2, 0) is 22.3 Å². The van der Waals surface area contributed by atoms with E-state index in [1.165, 1.54) is 36.8 Å². The second-order valence-electron chi connectivity index (χ2n) is 9.46. The van der Waals surface area contributed by atoms with E-state index >= 15 is 0 Å². The van der Waals surface area contributed by atoms with Crippen molar-refractivity contribution >= 4 is 21.9 Å². The molecule has 5 rings (SSSR count). The van der Waals surface area contributed by atoms with Gasteiger partial charge in [0.25, 0.3) is 0 Å². The highest BCUT2D eigenvalue weighted by Gasteiger charge is 2.25. The monoisotopic (exact) mass is 452 g/mol.